The highest BCUT2D eigenvalue weighted by atomic mass is 35.5. The van der Waals surface area contributed by atoms with Crippen molar-refractivity contribution in [1.29, 1.82) is 0 Å². The lowest BCUT2D eigenvalue weighted by Gasteiger charge is -1.98. The first-order valence-corrected chi connectivity index (χ1v) is 5.19. The van der Waals surface area contributed by atoms with Crippen LogP contribution in [0.2, 0.25) is 0 Å². The van der Waals surface area contributed by atoms with Crippen molar-refractivity contribution in [2.45, 2.75) is 13.8 Å². The maximum atomic E-state index is 5.95. The minimum absolute atomic E-state index is 0.568. The second-order valence-electron chi connectivity index (χ2n) is 3.00. The monoisotopic (exact) mass is 201 g/mol. The van der Waals surface area contributed by atoms with Gasteiger partial charge in [0.2, 0.25) is 0 Å². The predicted molar refractivity (Wildman–Crippen MR) is 56.4 cm³/mol. The maximum absolute atomic E-state index is 5.95. The van der Waals surface area contributed by atoms with E-state index in [9.17, 15) is 0 Å². The van der Waals surface area contributed by atoms with Gasteiger partial charge in [-0.05, 0) is 17.4 Å². The van der Waals surface area contributed by atoms with Gasteiger partial charge in [0.25, 0.3) is 0 Å². The maximum Gasteiger partial charge on any atom is 0.140 e. The Labute approximate surface area is 82.1 Å². The Morgan fingerprint density at radius 1 is 1.67 bits per heavy atom. The van der Waals surface area contributed by atoms with Crippen LogP contribution in [-0.4, -0.2) is 11.7 Å². The average molecular weight is 202 g/mol. The Balaban J connectivity index is 2.59. The summed E-state index contributed by atoms with van der Waals surface area (Å²) in [5, 5.41) is 2.64. The smallest absolute Gasteiger partial charge is 0.140 e. The fraction of sp³-hybridized carbons (Fsp3) is 0.444. The lowest BCUT2D eigenvalue weighted by Crippen LogP contribution is -1.95. The van der Waals surface area contributed by atoms with Crippen LogP contribution in [0.3, 0.4) is 0 Å². The van der Waals surface area contributed by atoms with Gasteiger partial charge in [0, 0.05) is 6.54 Å². The van der Waals surface area contributed by atoms with Gasteiger partial charge in [-0.1, -0.05) is 31.5 Å². The average Bonchev–Trinajstić information content (AvgIpc) is 2.51. The largest absolute Gasteiger partial charge is 0.272 e. The Bertz CT molecular complexity index is 252. The highest BCUT2D eigenvalue weighted by molar-refractivity contribution is 7.14. The van der Waals surface area contributed by atoms with E-state index in [-0.39, 0.29) is 0 Å². The molecule has 0 aliphatic carbocycles. The Hall–Kier alpha value is -0.340. The zero-order chi connectivity index (χ0) is 8.97. The normalized spacial score (nSPS) is 12.5. The summed E-state index contributed by atoms with van der Waals surface area (Å²) in [4.78, 5) is 5.31. The molecule has 1 aromatic heterocycles. The van der Waals surface area contributed by atoms with Crippen molar-refractivity contribution in [3.63, 3.8) is 0 Å². The van der Waals surface area contributed by atoms with Crippen molar-refractivity contribution >= 4 is 28.1 Å². The molecular weight excluding hydrogens is 190 g/mol. The molecule has 0 spiro atoms. The van der Waals surface area contributed by atoms with E-state index < -0.39 is 0 Å². The quantitative estimate of drug-likeness (QED) is 0.665. The summed E-state index contributed by atoms with van der Waals surface area (Å²) >= 11 is 7.57. The van der Waals surface area contributed by atoms with Crippen molar-refractivity contribution in [3.05, 3.63) is 22.4 Å². The summed E-state index contributed by atoms with van der Waals surface area (Å²) < 4.78 is 0. The van der Waals surface area contributed by atoms with Crippen molar-refractivity contribution in [2.75, 3.05) is 6.54 Å². The van der Waals surface area contributed by atoms with Crippen LogP contribution >= 0.6 is 22.9 Å². The molecule has 66 valence electrons. The van der Waals surface area contributed by atoms with E-state index in [0.717, 1.165) is 11.4 Å². The molecule has 0 aromatic carbocycles. The molecule has 0 aliphatic heterocycles. The van der Waals surface area contributed by atoms with Crippen LogP contribution < -0.4 is 0 Å². The fourth-order valence-corrected chi connectivity index (χ4v) is 1.62. The van der Waals surface area contributed by atoms with Gasteiger partial charge in [0.15, 0.2) is 0 Å². The van der Waals surface area contributed by atoms with E-state index >= 15 is 0 Å². The molecule has 0 unspecified atom stereocenters. The summed E-state index contributed by atoms with van der Waals surface area (Å²) in [6.07, 6.45) is 0. The molecule has 3 heteroatoms. The van der Waals surface area contributed by atoms with Crippen LogP contribution in [0.1, 0.15) is 18.7 Å². The number of rotatable bonds is 3. The topological polar surface area (TPSA) is 12.4 Å². The highest BCUT2D eigenvalue weighted by Crippen LogP contribution is 2.12. The lowest BCUT2D eigenvalue weighted by atomic mass is 10.2. The van der Waals surface area contributed by atoms with Gasteiger partial charge in [0.1, 0.15) is 5.17 Å². The molecule has 0 bridgehead atoms. The molecule has 0 aliphatic rings. The van der Waals surface area contributed by atoms with Crippen molar-refractivity contribution in [2.24, 2.45) is 10.9 Å². The zero-order valence-electron chi connectivity index (χ0n) is 7.25. The van der Waals surface area contributed by atoms with Gasteiger partial charge >= 0.3 is 0 Å². The van der Waals surface area contributed by atoms with Crippen LogP contribution in [0, 0.1) is 5.92 Å². The third kappa shape index (κ3) is 2.95. The summed E-state index contributed by atoms with van der Waals surface area (Å²) in [5.74, 6) is 0.568. The van der Waals surface area contributed by atoms with Gasteiger partial charge in [-0.2, -0.15) is 0 Å². The van der Waals surface area contributed by atoms with E-state index in [1.165, 1.54) is 0 Å². The summed E-state index contributed by atoms with van der Waals surface area (Å²) in [5.41, 5.74) is 0. The molecule has 1 aromatic rings. The number of nitrogens with zero attached hydrogens (tertiary/aromatic N) is 1. The molecule has 12 heavy (non-hydrogen) atoms. The first kappa shape index (κ1) is 9.75. The molecule has 0 N–H and O–H groups in total. The number of aliphatic imine (C=N–C) groups is 1. The first-order valence-electron chi connectivity index (χ1n) is 3.94. The predicted octanol–water partition coefficient (Wildman–Crippen LogP) is 3.39. The van der Waals surface area contributed by atoms with Gasteiger partial charge in [-0.15, -0.1) is 11.3 Å². The molecule has 0 radical (unpaired) electrons. The Kier molecular flexibility index (Phi) is 3.76. The van der Waals surface area contributed by atoms with Crippen molar-refractivity contribution < 1.29 is 0 Å². The van der Waals surface area contributed by atoms with Gasteiger partial charge in [-0.3, -0.25) is 4.99 Å². The molecule has 0 saturated heterocycles. The van der Waals surface area contributed by atoms with Gasteiger partial charge < -0.3 is 0 Å². The standard InChI is InChI=1S/C9H12ClNS/c1-7(2)6-11-9(10)8-4-3-5-12-8/h3-5,7H,6H2,1-2H3. The van der Waals surface area contributed by atoms with E-state index in [2.05, 4.69) is 18.8 Å². The molecule has 1 rings (SSSR count). The van der Waals surface area contributed by atoms with Crippen molar-refractivity contribution in [1.82, 2.24) is 0 Å². The van der Waals surface area contributed by atoms with E-state index in [4.69, 9.17) is 11.6 Å². The minimum Gasteiger partial charge on any atom is -0.272 e. The third-order valence-electron chi connectivity index (χ3n) is 1.32. The molecule has 1 heterocycles. The summed E-state index contributed by atoms with van der Waals surface area (Å²) in [7, 11) is 0. The molecule has 0 atom stereocenters. The van der Waals surface area contributed by atoms with Crippen molar-refractivity contribution in [3.8, 4) is 0 Å². The molecular formula is C9H12ClNS. The molecule has 0 fully saturated rings. The van der Waals surface area contributed by atoms with E-state index in [1.54, 1.807) is 11.3 Å². The lowest BCUT2D eigenvalue weighted by molar-refractivity contribution is 0.667. The number of thiophene rings is 1. The number of hydrogen-bond acceptors (Lipinski definition) is 2. The van der Waals surface area contributed by atoms with E-state index in [0.29, 0.717) is 11.1 Å². The van der Waals surface area contributed by atoms with Gasteiger partial charge in [0.05, 0.1) is 4.88 Å². The number of hydrogen-bond donors (Lipinski definition) is 0. The van der Waals surface area contributed by atoms with Crippen LogP contribution in [0.4, 0.5) is 0 Å². The van der Waals surface area contributed by atoms with Crippen LogP contribution in [-0.2, 0) is 0 Å². The molecule has 0 saturated carbocycles. The summed E-state index contributed by atoms with van der Waals surface area (Å²) in [6.45, 7) is 5.06. The second kappa shape index (κ2) is 4.63. The minimum atomic E-state index is 0.568. The third-order valence-corrected chi connectivity index (χ3v) is 2.63. The zero-order valence-corrected chi connectivity index (χ0v) is 8.82. The van der Waals surface area contributed by atoms with Crippen LogP contribution in [0.15, 0.2) is 22.5 Å². The van der Waals surface area contributed by atoms with Crippen LogP contribution in [0.25, 0.3) is 0 Å². The SMILES string of the molecule is CC(C)CN=C(Cl)c1cccs1. The Morgan fingerprint density at radius 2 is 2.42 bits per heavy atom. The fourth-order valence-electron chi connectivity index (χ4n) is 0.737. The molecule has 1 nitrogen and oxygen atoms in total. The Morgan fingerprint density at radius 3 is 2.92 bits per heavy atom. The number of halogens is 1. The second-order valence-corrected chi connectivity index (χ2v) is 4.31. The van der Waals surface area contributed by atoms with Gasteiger partial charge in [-0.25, -0.2) is 0 Å². The molecule has 0 amide bonds. The summed E-state index contributed by atoms with van der Waals surface area (Å²) in [6, 6.07) is 3.96. The van der Waals surface area contributed by atoms with E-state index in [1.807, 2.05) is 17.5 Å². The first-order chi connectivity index (χ1) is 5.70. The van der Waals surface area contributed by atoms with Crippen LogP contribution in [0.5, 0.6) is 0 Å². The highest BCUT2D eigenvalue weighted by Gasteiger charge is 1.99.